The molecule has 1 aliphatic heterocycles. The minimum absolute atomic E-state index is 0.117. The fourth-order valence-corrected chi connectivity index (χ4v) is 5.12. The molecule has 2 aromatic heterocycles. The maximum Gasteiger partial charge on any atom is 0.353 e. The standard InChI is InChI=1S/C31H43N7O5S/c1-21-10-12-23(13-11-21)37-27(20-25(34-37)30(3,4)5)38(43-44(9,41)42)29(40)33-24-14-15-26(32-22(24)2)35-16-18-36(19-17-35)28(39)31(6,7)8/h10-15,20H,16-19H2,1-9H3,(H,33,40). The minimum atomic E-state index is -4.12. The second-order valence-corrected chi connectivity index (χ2v) is 14.8. The molecule has 0 bridgehead atoms. The summed E-state index contributed by atoms with van der Waals surface area (Å²) in [6, 6.07) is 11.8. The highest BCUT2D eigenvalue weighted by Gasteiger charge is 2.32. The van der Waals surface area contributed by atoms with Crippen LogP contribution in [0.4, 0.5) is 22.1 Å². The van der Waals surface area contributed by atoms with Crippen LogP contribution in [0.5, 0.6) is 0 Å². The Kier molecular flexibility index (Phi) is 9.13. The topological polar surface area (TPSA) is 130 Å². The normalized spacial score (nSPS) is 14.5. The van der Waals surface area contributed by atoms with Gasteiger partial charge < -0.3 is 15.1 Å². The smallest absolute Gasteiger partial charge is 0.353 e. The highest BCUT2D eigenvalue weighted by Crippen LogP contribution is 2.30. The monoisotopic (exact) mass is 625 g/mol. The van der Waals surface area contributed by atoms with Crippen molar-refractivity contribution in [2.24, 2.45) is 5.41 Å². The Labute approximate surface area is 260 Å². The van der Waals surface area contributed by atoms with Gasteiger partial charge in [0.05, 0.1) is 29.0 Å². The van der Waals surface area contributed by atoms with Crippen LogP contribution in [0.3, 0.4) is 0 Å². The van der Waals surface area contributed by atoms with Gasteiger partial charge in [-0.05, 0) is 38.1 Å². The summed E-state index contributed by atoms with van der Waals surface area (Å²) < 4.78 is 31.5. The van der Waals surface area contributed by atoms with E-state index in [1.165, 1.54) is 4.68 Å². The first-order valence-corrected chi connectivity index (χ1v) is 16.4. The molecule has 1 saturated heterocycles. The van der Waals surface area contributed by atoms with Crippen LogP contribution in [0.1, 0.15) is 58.5 Å². The number of carbonyl (C=O) groups excluding carboxylic acids is 2. The molecule has 4 rings (SSSR count). The predicted molar refractivity (Wildman–Crippen MR) is 172 cm³/mol. The third kappa shape index (κ3) is 7.75. The molecule has 238 valence electrons. The van der Waals surface area contributed by atoms with Crippen LogP contribution in [0.15, 0.2) is 42.5 Å². The molecule has 0 aliphatic carbocycles. The molecule has 1 aliphatic rings. The summed E-state index contributed by atoms with van der Waals surface area (Å²) in [5.74, 6) is 0.963. The highest BCUT2D eigenvalue weighted by molar-refractivity contribution is 7.86. The summed E-state index contributed by atoms with van der Waals surface area (Å²) in [6.45, 7) is 17.8. The van der Waals surface area contributed by atoms with E-state index in [0.717, 1.165) is 17.6 Å². The van der Waals surface area contributed by atoms with Crippen LogP contribution < -0.4 is 15.3 Å². The number of hydroxylamine groups is 1. The van der Waals surface area contributed by atoms with Crippen molar-refractivity contribution in [3.63, 3.8) is 0 Å². The van der Waals surface area contributed by atoms with E-state index in [1.807, 2.05) is 77.6 Å². The van der Waals surface area contributed by atoms with Gasteiger partial charge in [-0.25, -0.2) is 14.5 Å². The number of hydrogen-bond acceptors (Lipinski definition) is 8. The van der Waals surface area contributed by atoms with Crippen molar-refractivity contribution in [3.05, 3.63) is 59.4 Å². The second-order valence-electron chi connectivity index (χ2n) is 13.2. The minimum Gasteiger partial charge on any atom is -0.353 e. The van der Waals surface area contributed by atoms with E-state index in [2.05, 4.69) is 10.2 Å². The number of pyridine rings is 1. The fourth-order valence-electron chi connectivity index (χ4n) is 4.70. The molecular weight excluding hydrogens is 582 g/mol. The zero-order chi connectivity index (χ0) is 32.6. The lowest BCUT2D eigenvalue weighted by atomic mass is 9.92. The number of benzene rings is 1. The molecule has 12 nitrogen and oxygen atoms in total. The molecule has 1 aromatic carbocycles. The Morgan fingerprint density at radius 1 is 0.932 bits per heavy atom. The molecule has 1 fully saturated rings. The van der Waals surface area contributed by atoms with Crippen molar-refractivity contribution in [3.8, 4) is 5.69 Å². The summed E-state index contributed by atoms with van der Waals surface area (Å²) in [4.78, 5) is 35.1. The summed E-state index contributed by atoms with van der Waals surface area (Å²) >= 11 is 0. The molecule has 0 atom stereocenters. The zero-order valence-corrected chi connectivity index (χ0v) is 27.8. The third-order valence-electron chi connectivity index (χ3n) is 7.19. The van der Waals surface area contributed by atoms with Crippen molar-refractivity contribution in [2.45, 2.75) is 60.8 Å². The average Bonchev–Trinajstić information content (AvgIpc) is 3.38. The number of aryl methyl sites for hydroxylation is 2. The number of nitrogens with zero attached hydrogens (tertiary/aromatic N) is 6. The summed E-state index contributed by atoms with van der Waals surface area (Å²) in [5, 5.41) is 8.17. The van der Waals surface area contributed by atoms with E-state index < -0.39 is 27.0 Å². The highest BCUT2D eigenvalue weighted by atomic mass is 32.2. The van der Waals surface area contributed by atoms with Gasteiger partial charge in [-0.2, -0.15) is 13.5 Å². The molecule has 44 heavy (non-hydrogen) atoms. The average molecular weight is 626 g/mol. The molecular formula is C31H43N7O5S. The van der Waals surface area contributed by atoms with Crippen LogP contribution in [0, 0.1) is 19.3 Å². The Morgan fingerprint density at radius 3 is 2.07 bits per heavy atom. The Hall–Kier alpha value is -3.97. The molecule has 0 unspecified atom stereocenters. The SMILES string of the molecule is Cc1ccc(-n2nc(C(C)(C)C)cc2N(OS(C)(=O)=O)C(=O)Nc2ccc(N3CCN(C(=O)C(C)(C)C)CC3)nc2C)cc1. The molecule has 1 N–H and O–H groups in total. The lowest BCUT2D eigenvalue weighted by molar-refractivity contribution is -0.139. The molecule has 0 radical (unpaired) electrons. The summed E-state index contributed by atoms with van der Waals surface area (Å²) in [7, 11) is -4.12. The van der Waals surface area contributed by atoms with Crippen molar-refractivity contribution >= 4 is 39.4 Å². The van der Waals surface area contributed by atoms with Gasteiger partial charge in [0, 0.05) is 43.1 Å². The van der Waals surface area contributed by atoms with Gasteiger partial charge in [-0.3, -0.25) is 4.79 Å². The number of rotatable bonds is 6. The van der Waals surface area contributed by atoms with Crippen LogP contribution in [0.25, 0.3) is 5.69 Å². The number of amides is 3. The van der Waals surface area contributed by atoms with E-state index in [9.17, 15) is 18.0 Å². The van der Waals surface area contributed by atoms with Gasteiger partial charge in [0.1, 0.15) is 5.82 Å². The van der Waals surface area contributed by atoms with E-state index in [4.69, 9.17) is 14.4 Å². The molecule has 3 heterocycles. The van der Waals surface area contributed by atoms with Gasteiger partial charge in [-0.15, -0.1) is 9.35 Å². The molecule has 3 amide bonds. The van der Waals surface area contributed by atoms with Crippen LogP contribution in [-0.2, 0) is 24.6 Å². The van der Waals surface area contributed by atoms with Crippen LogP contribution in [0.2, 0.25) is 0 Å². The Bertz CT molecular complexity index is 1630. The number of piperazine rings is 1. The zero-order valence-electron chi connectivity index (χ0n) is 27.0. The number of hydrogen-bond donors (Lipinski definition) is 1. The van der Waals surface area contributed by atoms with Crippen molar-refractivity contribution < 1.29 is 22.3 Å². The number of urea groups is 1. The maximum atomic E-state index is 13.7. The van der Waals surface area contributed by atoms with Crippen molar-refractivity contribution in [2.75, 3.05) is 47.7 Å². The van der Waals surface area contributed by atoms with Gasteiger partial charge in [0.15, 0.2) is 5.82 Å². The lowest BCUT2D eigenvalue weighted by Crippen LogP contribution is -2.51. The number of nitrogens with one attached hydrogen (secondary N) is 1. The van der Waals surface area contributed by atoms with Crippen LogP contribution >= 0.6 is 0 Å². The van der Waals surface area contributed by atoms with Gasteiger partial charge in [-0.1, -0.05) is 59.2 Å². The van der Waals surface area contributed by atoms with Gasteiger partial charge in [0.2, 0.25) is 5.91 Å². The van der Waals surface area contributed by atoms with Crippen molar-refractivity contribution in [1.29, 1.82) is 0 Å². The van der Waals surface area contributed by atoms with E-state index in [1.54, 1.807) is 25.1 Å². The van der Waals surface area contributed by atoms with Gasteiger partial charge in [0.25, 0.3) is 10.1 Å². The lowest BCUT2D eigenvalue weighted by Gasteiger charge is -2.38. The summed E-state index contributed by atoms with van der Waals surface area (Å²) in [6.07, 6.45) is 0.876. The first-order chi connectivity index (χ1) is 20.3. The Balaban J connectivity index is 1.60. The van der Waals surface area contributed by atoms with Gasteiger partial charge >= 0.3 is 6.03 Å². The molecule has 13 heteroatoms. The fraction of sp³-hybridized carbons (Fsp3) is 0.484. The van der Waals surface area contributed by atoms with E-state index in [-0.39, 0.29) is 11.7 Å². The second kappa shape index (κ2) is 12.2. The number of aromatic nitrogens is 3. The first kappa shape index (κ1) is 32.9. The molecule has 3 aromatic rings. The van der Waals surface area contributed by atoms with E-state index >= 15 is 0 Å². The predicted octanol–water partition coefficient (Wildman–Crippen LogP) is 4.81. The largest absolute Gasteiger partial charge is 0.353 e. The third-order valence-corrected chi connectivity index (χ3v) is 7.61. The molecule has 0 spiro atoms. The van der Waals surface area contributed by atoms with Crippen molar-refractivity contribution in [1.82, 2.24) is 19.7 Å². The number of anilines is 3. The quantitative estimate of drug-likeness (QED) is 0.387. The maximum absolute atomic E-state index is 13.7. The summed E-state index contributed by atoms with van der Waals surface area (Å²) in [5.41, 5.74) is 2.38. The molecule has 0 saturated carbocycles. The van der Waals surface area contributed by atoms with Crippen LogP contribution in [-0.4, -0.2) is 72.5 Å². The first-order valence-electron chi connectivity index (χ1n) is 14.5. The Morgan fingerprint density at radius 2 is 1.55 bits per heavy atom. The van der Waals surface area contributed by atoms with E-state index in [0.29, 0.717) is 54.0 Å². The number of carbonyl (C=O) groups is 2.